The summed E-state index contributed by atoms with van der Waals surface area (Å²) in [7, 11) is 0. The summed E-state index contributed by atoms with van der Waals surface area (Å²) < 4.78 is 13.1. The van der Waals surface area contributed by atoms with E-state index in [1.807, 2.05) is 50.4 Å². The summed E-state index contributed by atoms with van der Waals surface area (Å²) in [6, 6.07) is 10.0. The second-order valence-corrected chi connectivity index (χ2v) is 5.14. The van der Waals surface area contributed by atoms with Crippen molar-refractivity contribution in [1.82, 2.24) is 15.0 Å². The minimum atomic E-state index is -0.493. The Morgan fingerprint density at radius 3 is 2.79 bits per heavy atom. The summed E-state index contributed by atoms with van der Waals surface area (Å²) in [6.45, 7) is 5.09. The summed E-state index contributed by atoms with van der Waals surface area (Å²) in [5.74, 6) is -0.493. The summed E-state index contributed by atoms with van der Waals surface area (Å²) in [5.41, 5.74) is 1.94. The van der Waals surface area contributed by atoms with Gasteiger partial charge in [0.1, 0.15) is 11.8 Å². The molecular weight excluding hydrogens is 242 g/mol. The predicted molar refractivity (Wildman–Crippen MR) is 70.4 cm³/mol. The fourth-order valence-corrected chi connectivity index (χ4v) is 2.19. The van der Waals surface area contributed by atoms with E-state index in [9.17, 15) is 0 Å². The van der Waals surface area contributed by atoms with Gasteiger partial charge in [0.05, 0.1) is 19.3 Å². The number of benzene rings is 1. The molecule has 5 heteroatoms. The Morgan fingerprint density at radius 2 is 2.11 bits per heavy atom. The van der Waals surface area contributed by atoms with Gasteiger partial charge < -0.3 is 9.47 Å². The first-order valence-electron chi connectivity index (χ1n) is 6.40. The highest BCUT2D eigenvalue weighted by Crippen LogP contribution is 2.23. The average Bonchev–Trinajstić information content (AvgIpc) is 2.98. The molecule has 1 aliphatic heterocycles. The molecule has 0 N–H and O–H groups in total. The van der Waals surface area contributed by atoms with Gasteiger partial charge >= 0.3 is 0 Å². The van der Waals surface area contributed by atoms with Crippen LogP contribution in [0.5, 0.6) is 0 Å². The molecule has 0 bridgehead atoms. The lowest BCUT2D eigenvalue weighted by atomic mass is 10.2. The smallest absolute Gasteiger partial charge is 0.163 e. The summed E-state index contributed by atoms with van der Waals surface area (Å²) >= 11 is 0. The van der Waals surface area contributed by atoms with Gasteiger partial charge in [0.2, 0.25) is 0 Å². The molecule has 3 rings (SSSR count). The quantitative estimate of drug-likeness (QED) is 0.847. The highest BCUT2D eigenvalue weighted by atomic mass is 16.7. The molecule has 1 unspecified atom stereocenters. The highest BCUT2D eigenvalue weighted by Gasteiger charge is 2.32. The maximum Gasteiger partial charge on any atom is 0.163 e. The summed E-state index contributed by atoms with van der Waals surface area (Å²) in [6.07, 6.45) is 1.96. The van der Waals surface area contributed by atoms with Gasteiger partial charge in [0, 0.05) is 5.56 Å². The second kappa shape index (κ2) is 4.75. The highest BCUT2D eigenvalue weighted by molar-refractivity contribution is 5.57. The minimum Gasteiger partial charge on any atom is -0.348 e. The molecule has 100 valence electrons. The van der Waals surface area contributed by atoms with Gasteiger partial charge in [0.25, 0.3) is 0 Å². The lowest BCUT2D eigenvalue weighted by molar-refractivity contribution is -0.139. The molecule has 0 saturated carbocycles. The molecule has 1 aliphatic rings. The molecule has 0 radical (unpaired) electrons. The average molecular weight is 259 g/mol. The van der Waals surface area contributed by atoms with Gasteiger partial charge in [-0.3, -0.25) is 0 Å². The number of hydrogen-bond donors (Lipinski definition) is 0. The van der Waals surface area contributed by atoms with Gasteiger partial charge in [0.15, 0.2) is 5.79 Å². The molecule has 0 amide bonds. The zero-order valence-corrected chi connectivity index (χ0v) is 11.1. The molecule has 1 fully saturated rings. The van der Waals surface area contributed by atoms with E-state index in [0.717, 1.165) is 11.3 Å². The fourth-order valence-electron chi connectivity index (χ4n) is 2.19. The second-order valence-electron chi connectivity index (χ2n) is 5.14. The molecule has 5 nitrogen and oxygen atoms in total. The van der Waals surface area contributed by atoms with E-state index in [2.05, 4.69) is 10.3 Å². The van der Waals surface area contributed by atoms with Gasteiger partial charge in [-0.2, -0.15) is 0 Å². The van der Waals surface area contributed by atoms with Crippen LogP contribution in [0, 0.1) is 0 Å². The van der Waals surface area contributed by atoms with Crippen molar-refractivity contribution in [3.8, 4) is 11.3 Å². The standard InChI is InChI=1S/C14H17N3O2/c1-14(2)18-10-12(19-14)8-17-9-13(15-16-17)11-6-4-3-5-7-11/h3-7,9,12H,8,10H2,1-2H3. The lowest BCUT2D eigenvalue weighted by Gasteiger charge is -2.16. The van der Waals surface area contributed by atoms with Crippen LogP contribution in [0.4, 0.5) is 0 Å². The first-order chi connectivity index (χ1) is 9.12. The Labute approximate surface area is 112 Å². The molecular formula is C14H17N3O2. The van der Waals surface area contributed by atoms with Crippen LogP contribution in [0.3, 0.4) is 0 Å². The first-order valence-corrected chi connectivity index (χ1v) is 6.40. The topological polar surface area (TPSA) is 49.2 Å². The van der Waals surface area contributed by atoms with Crippen molar-refractivity contribution in [2.75, 3.05) is 6.61 Å². The molecule has 1 atom stereocenters. The summed E-state index contributed by atoms with van der Waals surface area (Å²) in [5, 5.41) is 8.32. The van der Waals surface area contributed by atoms with E-state index in [1.165, 1.54) is 0 Å². The minimum absolute atomic E-state index is 0.0281. The van der Waals surface area contributed by atoms with Crippen molar-refractivity contribution >= 4 is 0 Å². The van der Waals surface area contributed by atoms with E-state index < -0.39 is 5.79 Å². The Hall–Kier alpha value is -1.72. The van der Waals surface area contributed by atoms with Crippen LogP contribution >= 0.6 is 0 Å². The number of aromatic nitrogens is 3. The molecule has 2 aromatic rings. The Bertz CT molecular complexity index is 551. The van der Waals surface area contributed by atoms with Crippen LogP contribution < -0.4 is 0 Å². The number of rotatable bonds is 3. The van der Waals surface area contributed by atoms with E-state index >= 15 is 0 Å². The molecule has 19 heavy (non-hydrogen) atoms. The lowest BCUT2D eigenvalue weighted by Crippen LogP contribution is -2.24. The van der Waals surface area contributed by atoms with Crippen LogP contribution in [0.2, 0.25) is 0 Å². The van der Waals surface area contributed by atoms with Gasteiger partial charge in [-0.05, 0) is 13.8 Å². The molecule has 0 spiro atoms. The maximum atomic E-state index is 5.76. The van der Waals surface area contributed by atoms with Crippen molar-refractivity contribution < 1.29 is 9.47 Å². The van der Waals surface area contributed by atoms with Crippen molar-refractivity contribution in [2.45, 2.75) is 32.3 Å². The van der Waals surface area contributed by atoms with Crippen molar-refractivity contribution in [1.29, 1.82) is 0 Å². The number of ether oxygens (including phenoxy) is 2. The Morgan fingerprint density at radius 1 is 1.32 bits per heavy atom. The third-order valence-electron chi connectivity index (χ3n) is 3.07. The zero-order valence-electron chi connectivity index (χ0n) is 11.1. The number of hydrogen-bond acceptors (Lipinski definition) is 4. The molecule has 1 aromatic heterocycles. The first kappa shape index (κ1) is 12.3. The number of nitrogens with zero attached hydrogens (tertiary/aromatic N) is 3. The van der Waals surface area contributed by atoms with Crippen LogP contribution in [-0.4, -0.2) is 33.5 Å². The molecule has 2 heterocycles. The Kier molecular flexibility index (Phi) is 3.08. The van der Waals surface area contributed by atoms with E-state index in [1.54, 1.807) is 4.68 Å². The molecule has 1 saturated heterocycles. The monoisotopic (exact) mass is 259 g/mol. The van der Waals surface area contributed by atoms with Gasteiger partial charge in [-0.1, -0.05) is 35.5 Å². The predicted octanol–water partition coefficient (Wildman–Crippen LogP) is 2.10. The summed E-state index contributed by atoms with van der Waals surface area (Å²) in [4.78, 5) is 0. The SMILES string of the molecule is CC1(C)OCC(Cn2cc(-c3ccccc3)nn2)O1. The third-order valence-corrected chi connectivity index (χ3v) is 3.07. The van der Waals surface area contributed by atoms with Gasteiger partial charge in [-0.15, -0.1) is 5.10 Å². The van der Waals surface area contributed by atoms with Crippen LogP contribution in [-0.2, 0) is 16.0 Å². The van der Waals surface area contributed by atoms with Crippen LogP contribution in [0.25, 0.3) is 11.3 Å². The maximum absolute atomic E-state index is 5.76. The van der Waals surface area contributed by atoms with E-state index in [0.29, 0.717) is 13.2 Å². The normalized spacial score (nSPS) is 21.7. The molecule has 0 aliphatic carbocycles. The Balaban J connectivity index is 1.69. The molecule has 1 aromatic carbocycles. The third kappa shape index (κ3) is 2.83. The largest absolute Gasteiger partial charge is 0.348 e. The van der Waals surface area contributed by atoms with Crippen molar-refractivity contribution in [2.24, 2.45) is 0 Å². The van der Waals surface area contributed by atoms with Crippen LogP contribution in [0.1, 0.15) is 13.8 Å². The van der Waals surface area contributed by atoms with Gasteiger partial charge in [-0.25, -0.2) is 4.68 Å². The van der Waals surface area contributed by atoms with E-state index in [4.69, 9.17) is 9.47 Å². The fraction of sp³-hybridized carbons (Fsp3) is 0.429. The van der Waals surface area contributed by atoms with E-state index in [-0.39, 0.29) is 6.10 Å². The van der Waals surface area contributed by atoms with Crippen molar-refractivity contribution in [3.63, 3.8) is 0 Å². The van der Waals surface area contributed by atoms with Crippen molar-refractivity contribution in [3.05, 3.63) is 36.5 Å². The van der Waals surface area contributed by atoms with Crippen LogP contribution in [0.15, 0.2) is 36.5 Å². The zero-order chi connectivity index (χ0) is 13.3.